The van der Waals surface area contributed by atoms with Crippen molar-refractivity contribution in [3.8, 4) is 10.7 Å². The second-order valence-corrected chi connectivity index (χ2v) is 5.04. The molecule has 1 N–H and O–H groups in total. The number of rotatable bonds is 1. The molecule has 0 amide bonds. The Hall–Kier alpha value is -1.20. The summed E-state index contributed by atoms with van der Waals surface area (Å²) in [6.07, 6.45) is 0. The number of aryl methyl sites for hydroxylation is 1. The minimum absolute atomic E-state index is 0.802. The summed E-state index contributed by atoms with van der Waals surface area (Å²) >= 11 is 3.49. The zero-order valence-corrected chi connectivity index (χ0v) is 9.08. The van der Waals surface area contributed by atoms with E-state index < -0.39 is 0 Å². The zero-order chi connectivity index (χ0) is 9.54. The molecule has 0 unspecified atom stereocenters. The highest BCUT2D eigenvalue weighted by Crippen LogP contribution is 2.34. The highest BCUT2D eigenvalue weighted by molar-refractivity contribution is 7.28. The Bertz CT molecular complexity index is 547. The van der Waals surface area contributed by atoms with Gasteiger partial charge in [-0.3, -0.25) is 5.10 Å². The average Bonchev–Trinajstić information content (AvgIpc) is 2.75. The molecule has 0 fully saturated rings. The Morgan fingerprint density at radius 3 is 3.00 bits per heavy atom. The zero-order valence-electron chi connectivity index (χ0n) is 7.44. The Balaban J connectivity index is 2.18. The smallest absolute Gasteiger partial charge is 0.191 e. The number of fused-ring (bicyclic) bond motifs is 1. The maximum absolute atomic E-state index is 4.30. The molecule has 0 aliphatic rings. The molecule has 3 aromatic rings. The summed E-state index contributed by atoms with van der Waals surface area (Å²) < 4.78 is 2.62. The molecule has 0 spiro atoms. The van der Waals surface area contributed by atoms with Crippen LogP contribution in [0, 0.1) is 6.92 Å². The van der Waals surface area contributed by atoms with Crippen LogP contribution >= 0.6 is 22.7 Å². The summed E-state index contributed by atoms with van der Waals surface area (Å²) in [6.45, 7) is 1.91. The van der Waals surface area contributed by atoms with Gasteiger partial charge in [0.15, 0.2) is 5.82 Å². The minimum Gasteiger partial charge on any atom is -0.263 e. The summed E-state index contributed by atoms with van der Waals surface area (Å²) in [5, 5.41) is 9.10. The van der Waals surface area contributed by atoms with Crippen molar-refractivity contribution in [1.29, 1.82) is 0 Å². The van der Waals surface area contributed by atoms with E-state index in [-0.39, 0.29) is 0 Å². The number of nitrogens with one attached hydrogen (secondary N) is 1. The van der Waals surface area contributed by atoms with Crippen LogP contribution in [0.4, 0.5) is 0 Å². The Labute approximate surface area is 88.4 Å². The van der Waals surface area contributed by atoms with E-state index in [1.807, 2.05) is 6.92 Å². The molecule has 0 saturated carbocycles. The van der Waals surface area contributed by atoms with Gasteiger partial charge in [0.1, 0.15) is 5.82 Å². The monoisotopic (exact) mass is 221 g/mol. The molecule has 0 aromatic carbocycles. The summed E-state index contributed by atoms with van der Waals surface area (Å²) in [5.74, 6) is 1.66. The third-order valence-corrected chi connectivity index (χ3v) is 4.05. The van der Waals surface area contributed by atoms with Gasteiger partial charge in [-0.2, -0.15) is 5.10 Å². The van der Waals surface area contributed by atoms with Crippen LogP contribution in [0.5, 0.6) is 0 Å². The fourth-order valence-corrected chi connectivity index (χ4v) is 3.37. The molecule has 5 heteroatoms. The molecule has 0 aliphatic carbocycles. The van der Waals surface area contributed by atoms with E-state index in [1.54, 1.807) is 22.7 Å². The van der Waals surface area contributed by atoms with E-state index in [0.29, 0.717) is 0 Å². The maximum atomic E-state index is 4.30. The van der Waals surface area contributed by atoms with E-state index >= 15 is 0 Å². The normalized spacial score (nSPS) is 11.2. The van der Waals surface area contributed by atoms with Gasteiger partial charge in [0.05, 0.1) is 4.88 Å². The molecule has 0 saturated heterocycles. The second-order valence-electron chi connectivity index (χ2n) is 3.00. The average molecular weight is 221 g/mol. The van der Waals surface area contributed by atoms with Gasteiger partial charge in [-0.25, -0.2) is 4.98 Å². The van der Waals surface area contributed by atoms with Crippen LogP contribution in [0.2, 0.25) is 0 Å². The van der Waals surface area contributed by atoms with Crippen LogP contribution in [0.3, 0.4) is 0 Å². The van der Waals surface area contributed by atoms with Gasteiger partial charge in [-0.1, -0.05) is 0 Å². The maximum Gasteiger partial charge on any atom is 0.191 e. The van der Waals surface area contributed by atoms with Gasteiger partial charge < -0.3 is 0 Å². The van der Waals surface area contributed by atoms with Gasteiger partial charge in [0, 0.05) is 9.40 Å². The molecule has 0 aliphatic heterocycles. The number of thiophene rings is 2. The van der Waals surface area contributed by atoms with E-state index in [9.17, 15) is 0 Å². The molecule has 3 heterocycles. The lowest BCUT2D eigenvalue weighted by Gasteiger charge is -1.83. The van der Waals surface area contributed by atoms with Crippen LogP contribution in [-0.2, 0) is 0 Å². The van der Waals surface area contributed by atoms with Gasteiger partial charge in [0.25, 0.3) is 0 Å². The summed E-state index contributed by atoms with van der Waals surface area (Å²) in [5.41, 5.74) is 0. The topological polar surface area (TPSA) is 41.6 Å². The van der Waals surface area contributed by atoms with E-state index in [2.05, 4.69) is 32.7 Å². The van der Waals surface area contributed by atoms with Crippen molar-refractivity contribution in [2.45, 2.75) is 6.92 Å². The number of nitrogens with zero attached hydrogens (tertiary/aromatic N) is 2. The predicted octanol–water partition coefficient (Wildman–Crippen LogP) is 3.06. The molecule has 14 heavy (non-hydrogen) atoms. The highest BCUT2D eigenvalue weighted by Gasteiger charge is 2.08. The molecular formula is C9H7N3S2. The molecule has 3 nitrogen and oxygen atoms in total. The molecule has 70 valence electrons. The van der Waals surface area contributed by atoms with Crippen molar-refractivity contribution in [1.82, 2.24) is 15.2 Å². The molecule has 3 rings (SSSR count). The lowest BCUT2D eigenvalue weighted by molar-refractivity contribution is 1.04. The van der Waals surface area contributed by atoms with Crippen molar-refractivity contribution in [2.24, 2.45) is 0 Å². The third-order valence-electron chi connectivity index (χ3n) is 1.96. The quantitative estimate of drug-likeness (QED) is 0.686. The van der Waals surface area contributed by atoms with Crippen molar-refractivity contribution in [3.05, 3.63) is 23.3 Å². The lowest BCUT2D eigenvalue weighted by Crippen LogP contribution is -1.73. The van der Waals surface area contributed by atoms with Crippen LogP contribution < -0.4 is 0 Å². The fraction of sp³-hybridized carbons (Fsp3) is 0.111. The van der Waals surface area contributed by atoms with E-state index in [0.717, 1.165) is 16.5 Å². The minimum atomic E-state index is 0.802. The first-order valence-electron chi connectivity index (χ1n) is 4.19. The van der Waals surface area contributed by atoms with Crippen molar-refractivity contribution in [3.63, 3.8) is 0 Å². The van der Waals surface area contributed by atoms with Gasteiger partial charge in [-0.15, -0.1) is 22.7 Å². The number of aromatic amines is 1. The fourth-order valence-electron chi connectivity index (χ4n) is 1.33. The lowest BCUT2D eigenvalue weighted by atomic mass is 10.4. The van der Waals surface area contributed by atoms with Crippen LogP contribution in [0.25, 0.3) is 20.1 Å². The number of H-pyrrole nitrogens is 1. The molecule has 0 bridgehead atoms. The largest absolute Gasteiger partial charge is 0.263 e. The Morgan fingerprint density at radius 1 is 1.36 bits per heavy atom. The second kappa shape index (κ2) is 2.90. The summed E-state index contributed by atoms with van der Waals surface area (Å²) in [4.78, 5) is 5.44. The predicted molar refractivity (Wildman–Crippen MR) is 59.8 cm³/mol. The molecule has 0 atom stereocenters. The summed E-state index contributed by atoms with van der Waals surface area (Å²) in [6, 6.07) is 4.28. The van der Waals surface area contributed by atoms with Gasteiger partial charge in [-0.05, 0) is 24.4 Å². The first-order chi connectivity index (χ1) is 6.83. The SMILES string of the molecule is Cc1nc(-c2cc3sccc3s2)n[nH]1. The molecule has 0 radical (unpaired) electrons. The van der Waals surface area contributed by atoms with Crippen LogP contribution in [-0.4, -0.2) is 15.2 Å². The van der Waals surface area contributed by atoms with Crippen molar-refractivity contribution < 1.29 is 0 Å². The number of hydrogen-bond acceptors (Lipinski definition) is 4. The third kappa shape index (κ3) is 1.17. The standard InChI is InChI=1S/C9H7N3S2/c1-5-10-9(12-11-5)8-4-7-6(14-8)2-3-13-7/h2-4H,1H3,(H,10,11,12). The first kappa shape index (κ1) is 8.14. The van der Waals surface area contributed by atoms with Crippen LogP contribution in [0.1, 0.15) is 5.82 Å². The number of hydrogen-bond donors (Lipinski definition) is 1. The molecular weight excluding hydrogens is 214 g/mol. The highest BCUT2D eigenvalue weighted by atomic mass is 32.1. The number of aromatic nitrogens is 3. The van der Waals surface area contributed by atoms with E-state index in [1.165, 1.54) is 9.40 Å². The van der Waals surface area contributed by atoms with Crippen LogP contribution in [0.15, 0.2) is 17.5 Å². The summed E-state index contributed by atoms with van der Waals surface area (Å²) in [7, 11) is 0. The first-order valence-corrected chi connectivity index (χ1v) is 5.89. The van der Waals surface area contributed by atoms with Crippen molar-refractivity contribution in [2.75, 3.05) is 0 Å². The van der Waals surface area contributed by atoms with Gasteiger partial charge >= 0.3 is 0 Å². The van der Waals surface area contributed by atoms with Gasteiger partial charge in [0.2, 0.25) is 0 Å². The molecule has 3 aromatic heterocycles. The van der Waals surface area contributed by atoms with Crippen molar-refractivity contribution >= 4 is 32.1 Å². The Morgan fingerprint density at radius 2 is 2.29 bits per heavy atom. The Kier molecular flexibility index (Phi) is 1.68. The van der Waals surface area contributed by atoms with E-state index in [4.69, 9.17) is 0 Å².